The topological polar surface area (TPSA) is 73.7 Å². The van der Waals surface area contributed by atoms with E-state index in [0.29, 0.717) is 31.9 Å². The Morgan fingerprint density at radius 2 is 2.17 bits per heavy atom. The third-order valence-corrected chi connectivity index (χ3v) is 3.47. The van der Waals surface area contributed by atoms with Crippen LogP contribution in [0.2, 0.25) is 0 Å². The summed E-state index contributed by atoms with van der Waals surface area (Å²) in [6.45, 7) is 2.57. The molecular formula is C11H15N3O3S. The number of carbonyl (C=O) groups excluding carboxylic acids is 1. The highest BCUT2D eigenvalue weighted by Crippen LogP contribution is 2.09. The zero-order valence-electron chi connectivity index (χ0n) is 9.91. The molecule has 1 aromatic heterocycles. The Balaban J connectivity index is 1.93. The molecule has 0 bridgehead atoms. The highest BCUT2D eigenvalue weighted by molar-refractivity contribution is 7.07. The van der Waals surface area contributed by atoms with Crippen molar-refractivity contribution in [1.82, 2.24) is 14.8 Å². The standard InChI is InChI=1S/C11H15N3O3S/c15-10(16)6-13-2-1-3-14(5-4-13)11(17)9-7-18-8-12-9/h7-8H,1-6H2,(H,15,16). The summed E-state index contributed by atoms with van der Waals surface area (Å²) in [7, 11) is 0. The quantitative estimate of drug-likeness (QED) is 0.858. The third kappa shape index (κ3) is 3.27. The predicted molar refractivity (Wildman–Crippen MR) is 66.7 cm³/mol. The largest absolute Gasteiger partial charge is 0.480 e. The molecule has 1 amide bonds. The van der Waals surface area contributed by atoms with E-state index in [1.54, 1.807) is 15.8 Å². The number of carboxylic acid groups (broad SMARTS) is 1. The molecule has 0 atom stereocenters. The van der Waals surface area contributed by atoms with Gasteiger partial charge in [0.15, 0.2) is 0 Å². The van der Waals surface area contributed by atoms with Crippen LogP contribution in [0.4, 0.5) is 0 Å². The number of hydrogen-bond donors (Lipinski definition) is 1. The Kier molecular flexibility index (Phi) is 4.27. The van der Waals surface area contributed by atoms with Crippen LogP contribution in [0.15, 0.2) is 10.9 Å². The zero-order chi connectivity index (χ0) is 13.0. The van der Waals surface area contributed by atoms with Crippen molar-refractivity contribution in [1.29, 1.82) is 0 Å². The molecule has 1 N–H and O–H groups in total. The highest BCUT2D eigenvalue weighted by Gasteiger charge is 2.22. The van der Waals surface area contributed by atoms with Gasteiger partial charge in [-0.1, -0.05) is 0 Å². The molecule has 0 radical (unpaired) electrons. The SMILES string of the molecule is O=C(O)CN1CCCN(C(=O)c2cscn2)CC1. The van der Waals surface area contributed by atoms with Crippen molar-refractivity contribution >= 4 is 23.2 Å². The van der Waals surface area contributed by atoms with E-state index in [9.17, 15) is 9.59 Å². The van der Waals surface area contributed by atoms with Crippen molar-refractivity contribution in [3.05, 3.63) is 16.6 Å². The first-order chi connectivity index (χ1) is 8.66. The van der Waals surface area contributed by atoms with Gasteiger partial charge in [-0.15, -0.1) is 11.3 Å². The lowest BCUT2D eigenvalue weighted by Crippen LogP contribution is -2.36. The summed E-state index contributed by atoms with van der Waals surface area (Å²) in [5, 5.41) is 10.5. The molecule has 0 spiro atoms. The van der Waals surface area contributed by atoms with Crippen LogP contribution in [-0.2, 0) is 4.79 Å². The lowest BCUT2D eigenvalue weighted by atomic mass is 10.3. The van der Waals surface area contributed by atoms with Crippen molar-refractivity contribution in [2.24, 2.45) is 0 Å². The van der Waals surface area contributed by atoms with Crippen molar-refractivity contribution in [2.75, 3.05) is 32.7 Å². The number of aromatic nitrogens is 1. The third-order valence-electron chi connectivity index (χ3n) is 2.89. The molecule has 0 saturated carbocycles. The van der Waals surface area contributed by atoms with Crippen molar-refractivity contribution in [3.8, 4) is 0 Å². The first kappa shape index (κ1) is 13.0. The second-order valence-electron chi connectivity index (χ2n) is 4.19. The smallest absolute Gasteiger partial charge is 0.317 e. The average Bonchev–Trinajstić information content (AvgIpc) is 2.76. The second kappa shape index (κ2) is 5.92. The van der Waals surface area contributed by atoms with Gasteiger partial charge in [0.25, 0.3) is 5.91 Å². The minimum Gasteiger partial charge on any atom is -0.480 e. The minimum atomic E-state index is -0.825. The number of aliphatic carboxylic acids is 1. The first-order valence-electron chi connectivity index (χ1n) is 5.78. The van der Waals surface area contributed by atoms with Gasteiger partial charge in [-0.3, -0.25) is 14.5 Å². The van der Waals surface area contributed by atoms with E-state index in [4.69, 9.17) is 5.11 Å². The molecule has 7 heteroatoms. The molecule has 0 unspecified atom stereocenters. The van der Waals surface area contributed by atoms with Gasteiger partial charge in [-0.25, -0.2) is 4.98 Å². The molecule has 1 aliphatic heterocycles. The summed E-state index contributed by atoms with van der Waals surface area (Å²) in [5.41, 5.74) is 2.12. The Morgan fingerprint density at radius 1 is 1.33 bits per heavy atom. The predicted octanol–water partition coefficient (Wildman–Crippen LogP) is 0.376. The molecule has 1 saturated heterocycles. The number of thiazole rings is 1. The van der Waals surface area contributed by atoms with E-state index in [0.717, 1.165) is 6.42 Å². The molecule has 98 valence electrons. The Bertz CT molecular complexity index is 421. The molecule has 2 rings (SSSR count). The van der Waals surface area contributed by atoms with Gasteiger partial charge in [0.1, 0.15) is 5.69 Å². The van der Waals surface area contributed by atoms with E-state index in [2.05, 4.69) is 4.98 Å². The maximum absolute atomic E-state index is 12.1. The maximum Gasteiger partial charge on any atom is 0.317 e. The fourth-order valence-electron chi connectivity index (χ4n) is 2.00. The average molecular weight is 269 g/mol. The maximum atomic E-state index is 12.1. The normalized spacial score (nSPS) is 17.4. The lowest BCUT2D eigenvalue weighted by molar-refractivity contribution is -0.138. The van der Waals surface area contributed by atoms with Crippen LogP contribution in [0.3, 0.4) is 0 Å². The lowest BCUT2D eigenvalue weighted by Gasteiger charge is -2.20. The molecule has 18 heavy (non-hydrogen) atoms. The van der Waals surface area contributed by atoms with E-state index >= 15 is 0 Å². The summed E-state index contributed by atoms with van der Waals surface area (Å²) >= 11 is 1.40. The van der Waals surface area contributed by atoms with E-state index in [1.165, 1.54) is 11.3 Å². The van der Waals surface area contributed by atoms with Crippen molar-refractivity contribution in [3.63, 3.8) is 0 Å². The first-order valence-corrected chi connectivity index (χ1v) is 6.72. The summed E-state index contributed by atoms with van der Waals surface area (Å²) in [4.78, 5) is 30.3. The van der Waals surface area contributed by atoms with Gasteiger partial charge >= 0.3 is 5.97 Å². The molecular weight excluding hydrogens is 254 g/mol. The number of hydrogen-bond acceptors (Lipinski definition) is 5. The number of carboxylic acids is 1. The molecule has 0 aliphatic carbocycles. The van der Waals surface area contributed by atoms with Gasteiger partial charge in [0, 0.05) is 31.6 Å². The minimum absolute atomic E-state index is 0.0404. The van der Waals surface area contributed by atoms with Crippen LogP contribution in [0, 0.1) is 0 Å². The van der Waals surface area contributed by atoms with Crippen LogP contribution < -0.4 is 0 Å². The zero-order valence-corrected chi connectivity index (χ0v) is 10.7. The van der Waals surface area contributed by atoms with E-state index < -0.39 is 5.97 Å². The molecule has 2 heterocycles. The molecule has 1 aliphatic rings. The molecule has 1 aromatic rings. The van der Waals surface area contributed by atoms with Crippen molar-refractivity contribution in [2.45, 2.75) is 6.42 Å². The van der Waals surface area contributed by atoms with Gasteiger partial charge in [0.2, 0.25) is 0 Å². The Morgan fingerprint density at radius 3 is 2.83 bits per heavy atom. The summed E-state index contributed by atoms with van der Waals surface area (Å²) in [6, 6.07) is 0. The summed E-state index contributed by atoms with van der Waals surface area (Å²) < 4.78 is 0. The second-order valence-corrected chi connectivity index (χ2v) is 4.91. The Labute approximate surface area is 109 Å². The Hall–Kier alpha value is -1.47. The summed E-state index contributed by atoms with van der Waals surface area (Å²) in [5.74, 6) is -0.886. The van der Waals surface area contributed by atoms with Crippen LogP contribution >= 0.6 is 11.3 Å². The van der Waals surface area contributed by atoms with Gasteiger partial charge in [0.05, 0.1) is 12.1 Å². The molecule has 1 fully saturated rings. The van der Waals surface area contributed by atoms with Crippen LogP contribution in [0.5, 0.6) is 0 Å². The monoisotopic (exact) mass is 269 g/mol. The summed E-state index contributed by atoms with van der Waals surface area (Å²) in [6.07, 6.45) is 0.795. The van der Waals surface area contributed by atoms with Crippen LogP contribution in [-0.4, -0.2) is 64.5 Å². The highest BCUT2D eigenvalue weighted by atomic mass is 32.1. The van der Waals surface area contributed by atoms with Crippen LogP contribution in [0.25, 0.3) is 0 Å². The van der Waals surface area contributed by atoms with Gasteiger partial charge in [-0.05, 0) is 6.42 Å². The number of amides is 1. The van der Waals surface area contributed by atoms with E-state index in [-0.39, 0.29) is 12.5 Å². The van der Waals surface area contributed by atoms with Crippen molar-refractivity contribution < 1.29 is 14.7 Å². The van der Waals surface area contributed by atoms with Gasteiger partial charge < -0.3 is 10.0 Å². The number of nitrogens with zero attached hydrogens (tertiary/aromatic N) is 3. The van der Waals surface area contributed by atoms with Crippen LogP contribution in [0.1, 0.15) is 16.9 Å². The number of carbonyl (C=O) groups is 2. The molecule has 0 aromatic carbocycles. The molecule has 6 nitrogen and oxygen atoms in total. The fraction of sp³-hybridized carbons (Fsp3) is 0.545. The van der Waals surface area contributed by atoms with Gasteiger partial charge in [-0.2, -0.15) is 0 Å². The number of rotatable bonds is 3. The van der Waals surface area contributed by atoms with E-state index in [1.807, 2.05) is 4.90 Å². The fourth-order valence-corrected chi connectivity index (χ4v) is 2.53.